The molecule has 0 aliphatic heterocycles. The molecule has 0 radical (unpaired) electrons. The van der Waals surface area contributed by atoms with Crippen LogP contribution in [-0.2, 0) is 33.6 Å². The second kappa shape index (κ2) is 13.3. The first kappa shape index (κ1) is 40.3. The summed E-state index contributed by atoms with van der Waals surface area (Å²) in [6.45, 7) is 25.6. The Balaban J connectivity index is 1.72. The Morgan fingerprint density at radius 3 is 0.964 bits per heavy atom. The quantitative estimate of drug-likeness (QED) is 0.216. The Morgan fingerprint density at radius 1 is 0.464 bits per heavy atom. The third-order valence-corrected chi connectivity index (χ3v) is 14.4. The van der Waals surface area contributed by atoms with E-state index in [4.69, 9.17) is 0 Å². The molecule has 3 aliphatic carbocycles. The molecule has 0 amide bonds. The highest BCUT2D eigenvalue weighted by atomic mass is 32.1. The van der Waals surface area contributed by atoms with Crippen LogP contribution in [-0.4, -0.2) is 21.8 Å². The van der Waals surface area contributed by atoms with E-state index in [0.29, 0.717) is 0 Å². The van der Waals surface area contributed by atoms with Gasteiger partial charge in [0.2, 0.25) is 0 Å². The van der Waals surface area contributed by atoms with Crippen LogP contribution in [0, 0.1) is 21.7 Å². The highest BCUT2D eigenvalue weighted by Crippen LogP contribution is 2.67. The minimum absolute atomic E-state index is 0.0223. The van der Waals surface area contributed by atoms with Gasteiger partial charge in [-0.3, -0.25) is 9.59 Å². The lowest BCUT2D eigenvalue weighted by molar-refractivity contribution is -0.115. The fourth-order valence-electron chi connectivity index (χ4n) is 8.52. The van der Waals surface area contributed by atoms with E-state index in [1.165, 1.54) is 0 Å². The van der Waals surface area contributed by atoms with Gasteiger partial charge in [0.15, 0.2) is 11.6 Å². The summed E-state index contributed by atoms with van der Waals surface area (Å²) in [5.41, 5.74) is 5.59. The number of Topliss-reactive ketones (excluding diaryl/α,β-unsaturated/α-hetero) is 2. The molecule has 2 spiro atoms. The van der Waals surface area contributed by atoms with Gasteiger partial charge in [-0.1, -0.05) is 156 Å². The number of allylic oxidation sites excluding steroid dienone is 8. The van der Waals surface area contributed by atoms with Crippen LogP contribution < -0.4 is 0 Å². The highest BCUT2D eigenvalue weighted by Gasteiger charge is 2.61. The van der Waals surface area contributed by atoms with Crippen molar-refractivity contribution >= 4 is 34.2 Å². The third-order valence-electron chi connectivity index (χ3n) is 11.7. The summed E-state index contributed by atoms with van der Waals surface area (Å²) in [5.74, 6) is 0.162. The average Bonchev–Trinajstić information content (AvgIpc) is 3.77. The van der Waals surface area contributed by atoms with Crippen LogP contribution in [0.4, 0.5) is 0 Å². The fourth-order valence-corrected chi connectivity index (χ4v) is 11.3. The molecule has 7 rings (SSSR count). The number of thiophene rings is 2. The first-order chi connectivity index (χ1) is 25.9. The van der Waals surface area contributed by atoms with Crippen LogP contribution in [0.25, 0.3) is 32.0 Å². The number of ketones is 2. The van der Waals surface area contributed by atoms with E-state index >= 15 is 0 Å². The lowest BCUT2D eigenvalue weighted by atomic mass is 9.49. The van der Waals surface area contributed by atoms with Crippen LogP contribution in [0.15, 0.2) is 107 Å². The second-order valence-electron chi connectivity index (χ2n) is 20.0. The van der Waals surface area contributed by atoms with Gasteiger partial charge in [-0.15, -0.1) is 22.7 Å². The molecule has 3 aliphatic rings. The maximum absolute atomic E-state index is 14.8. The number of hydrogen-bond donors (Lipinski definition) is 2. The van der Waals surface area contributed by atoms with Gasteiger partial charge in [0.1, 0.15) is 0 Å². The van der Waals surface area contributed by atoms with Crippen LogP contribution in [0.2, 0.25) is 0 Å². The van der Waals surface area contributed by atoms with Crippen molar-refractivity contribution in [3.8, 4) is 32.0 Å². The van der Waals surface area contributed by atoms with Crippen molar-refractivity contribution in [1.29, 1.82) is 0 Å². The molecule has 4 aromatic rings. The Labute approximate surface area is 341 Å². The number of aliphatic hydroxyl groups is 2. The van der Waals surface area contributed by atoms with Gasteiger partial charge in [0.05, 0.1) is 24.0 Å². The van der Waals surface area contributed by atoms with Crippen LogP contribution in [0.3, 0.4) is 0 Å². The lowest BCUT2D eigenvalue weighted by Crippen LogP contribution is -2.52. The van der Waals surface area contributed by atoms with Gasteiger partial charge in [-0.2, -0.15) is 0 Å². The SMILES string of the molecule is CC(C)(C)C1=CC2(C=C(C(C)(C)C)C1=O)c1sc(-c3ccc(CO)cc3)cc1-c1cc(-c3ccc(CO)cc3)sc1C21C=C(C(C)(C)C)C(=O)C(C(C)(C)C)=C1. The third kappa shape index (κ3) is 6.41. The Bertz CT molecular complexity index is 2140. The molecular formula is C50H56O4S2. The molecule has 0 fully saturated rings. The predicted molar refractivity (Wildman–Crippen MR) is 234 cm³/mol. The van der Waals surface area contributed by atoms with E-state index in [1.54, 1.807) is 22.7 Å². The molecule has 0 saturated heterocycles. The molecule has 2 aromatic heterocycles. The van der Waals surface area contributed by atoms with Crippen molar-refractivity contribution in [3.05, 3.63) is 128 Å². The predicted octanol–water partition coefficient (Wildman–Crippen LogP) is 12.3. The molecule has 6 heteroatoms. The largest absolute Gasteiger partial charge is 0.392 e. The molecule has 2 aromatic carbocycles. The number of benzene rings is 2. The lowest BCUT2D eigenvalue weighted by Gasteiger charge is -2.53. The smallest absolute Gasteiger partial charge is 0.185 e. The first-order valence-corrected chi connectivity index (χ1v) is 21.3. The van der Waals surface area contributed by atoms with Crippen molar-refractivity contribution in [2.45, 2.75) is 107 Å². The molecule has 0 bridgehead atoms. The van der Waals surface area contributed by atoms with E-state index in [1.807, 2.05) is 24.3 Å². The average molecular weight is 785 g/mol. The molecule has 4 nitrogen and oxygen atoms in total. The summed E-state index contributed by atoms with van der Waals surface area (Å²) < 4.78 is 0. The Morgan fingerprint density at radius 2 is 0.732 bits per heavy atom. The normalized spacial score (nSPS) is 18.0. The molecule has 0 unspecified atom stereocenters. The molecule has 2 heterocycles. The van der Waals surface area contributed by atoms with E-state index in [2.05, 4.69) is 144 Å². The number of carbonyl (C=O) groups is 2. The van der Waals surface area contributed by atoms with Gasteiger partial charge >= 0.3 is 0 Å². The van der Waals surface area contributed by atoms with Gasteiger partial charge in [-0.25, -0.2) is 0 Å². The number of aliphatic hydroxyl groups excluding tert-OH is 2. The van der Waals surface area contributed by atoms with Gasteiger partial charge in [-0.05, 0) is 67.2 Å². The number of carbonyl (C=O) groups excluding carboxylic acids is 2. The second-order valence-corrected chi connectivity index (χ2v) is 22.1. The van der Waals surface area contributed by atoms with Gasteiger partial charge in [0, 0.05) is 41.8 Å². The monoisotopic (exact) mass is 784 g/mol. The summed E-state index contributed by atoms with van der Waals surface area (Å²) in [4.78, 5) is 34.2. The van der Waals surface area contributed by atoms with Crippen molar-refractivity contribution in [2.75, 3.05) is 0 Å². The fraction of sp³-hybridized carbons (Fsp3) is 0.400. The summed E-state index contributed by atoms with van der Waals surface area (Å²) in [6.07, 6.45) is 9.17. The van der Waals surface area contributed by atoms with E-state index in [9.17, 15) is 19.8 Å². The van der Waals surface area contributed by atoms with E-state index in [0.717, 1.165) is 75.2 Å². The van der Waals surface area contributed by atoms with Crippen LogP contribution in [0.1, 0.15) is 104 Å². The van der Waals surface area contributed by atoms with Gasteiger partial charge in [0.25, 0.3) is 0 Å². The maximum Gasteiger partial charge on any atom is 0.185 e. The topological polar surface area (TPSA) is 74.6 Å². The van der Waals surface area contributed by atoms with Crippen molar-refractivity contribution in [3.63, 3.8) is 0 Å². The van der Waals surface area contributed by atoms with E-state index in [-0.39, 0.29) is 24.8 Å². The Kier molecular flexibility index (Phi) is 9.57. The Hall–Kier alpha value is -3.94. The van der Waals surface area contributed by atoms with Crippen molar-refractivity contribution in [2.24, 2.45) is 21.7 Å². The zero-order valence-corrected chi connectivity index (χ0v) is 36.7. The molecule has 56 heavy (non-hydrogen) atoms. The minimum atomic E-state index is -0.876. The minimum Gasteiger partial charge on any atom is -0.392 e. The first-order valence-electron chi connectivity index (χ1n) is 19.7. The molecule has 0 saturated carbocycles. The molecule has 2 N–H and O–H groups in total. The molecular weight excluding hydrogens is 729 g/mol. The van der Waals surface area contributed by atoms with Crippen LogP contribution >= 0.6 is 22.7 Å². The zero-order chi connectivity index (χ0) is 41.0. The van der Waals surface area contributed by atoms with Crippen molar-refractivity contribution in [1.82, 2.24) is 0 Å². The number of fused-ring (bicyclic) bond motifs is 6. The van der Waals surface area contributed by atoms with Gasteiger partial charge < -0.3 is 10.2 Å². The molecule has 292 valence electrons. The summed E-state index contributed by atoms with van der Waals surface area (Å²) >= 11 is 3.53. The van der Waals surface area contributed by atoms with Crippen LogP contribution in [0.5, 0.6) is 0 Å². The maximum atomic E-state index is 14.8. The highest BCUT2D eigenvalue weighted by molar-refractivity contribution is 7.17. The van der Waals surface area contributed by atoms with Crippen molar-refractivity contribution < 1.29 is 19.8 Å². The zero-order valence-electron chi connectivity index (χ0n) is 35.0. The number of hydrogen-bond acceptors (Lipinski definition) is 6. The summed E-state index contributed by atoms with van der Waals surface area (Å²) in [7, 11) is 0. The standard InChI is InChI=1S/C50H56O4S2/c1-45(2,3)35-23-49(24-36(41(35)53)46(4,5)6)43-33(21-39(55-43)31-17-13-29(27-51)14-18-31)34-22-40(32-19-15-30(28-52)16-20-32)56-44(34)50(49)25-37(47(7,8)9)42(54)38(26-50)48(10,11)12/h13-26,51-52H,27-28H2,1-12H3. The number of rotatable bonds is 4. The summed E-state index contributed by atoms with van der Waals surface area (Å²) in [5, 5.41) is 19.7. The molecule has 0 atom stereocenters. The summed E-state index contributed by atoms with van der Waals surface area (Å²) in [6, 6.07) is 20.9. The van der Waals surface area contributed by atoms with E-state index < -0.39 is 32.5 Å².